The average molecular weight is 556 g/mol. The monoisotopic (exact) mass is 556 g/mol. The molecule has 0 saturated carbocycles. The Morgan fingerprint density at radius 3 is 2.61 bits per heavy atom. The lowest BCUT2D eigenvalue weighted by molar-refractivity contribution is 0.0964. The fraction of sp³-hybridized carbons (Fsp3) is 0.250. The molecule has 1 aromatic carbocycles. The average Bonchev–Trinajstić information content (AvgIpc) is 3.08. The second kappa shape index (κ2) is 9.19. The molecule has 0 aliphatic rings. The first-order chi connectivity index (χ1) is 14.7. The van der Waals surface area contributed by atoms with Gasteiger partial charge in [0.1, 0.15) is 11.6 Å². The van der Waals surface area contributed by atoms with Gasteiger partial charge in [0.15, 0.2) is 5.82 Å². The van der Waals surface area contributed by atoms with E-state index in [2.05, 4.69) is 10.3 Å². The van der Waals surface area contributed by atoms with Crippen LogP contribution in [0.2, 0.25) is 0 Å². The number of fused-ring (bicyclic) bond motifs is 1. The van der Waals surface area contributed by atoms with Gasteiger partial charge in [-0.1, -0.05) is 0 Å². The molecule has 2 heterocycles. The van der Waals surface area contributed by atoms with E-state index in [1.807, 2.05) is 28.7 Å². The van der Waals surface area contributed by atoms with Gasteiger partial charge in [0.25, 0.3) is 5.91 Å². The molecule has 0 bridgehead atoms. The number of hydrogen-bond donors (Lipinski definition) is 1. The second-order valence-electron chi connectivity index (χ2n) is 6.64. The summed E-state index contributed by atoms with van der Waals surface area (Å²) in [4.78, 5) is 17.0. The van der Waals surface area contributed by atoms with Crippen molar-refractivity contribution in [1.29, 1.82) is 5.26 Å². The predicted octanol–water partition coefficient (Wildman–Crippen LogP) is 3.67. The first-order valence-electron chi connectivity index (χ1n) is 9.13. The Hall–Kier alpha value is -2.72. The Bertz CT molecular complexity index is 1280. The van der Waals surface area contributed by atoms with Gasteiger partial charge in [-0.2, -0.15) is 10.2 Å². The highest BCUT2D eigenvalue weighted by atomic mass is 127. The van der Waals surface area contributed by atoms with E-state index in [0.717, 1.165) is 10.6 Å². The molecule has 31 heavy (non-hydrogen) atoms. The van der Waals surface area contributed by atoms with Crippen molar-refractivity contribution in [3.05, 3.63) is 45.3 Å². The van der Waals surface area contributed by atoms with Crippen LogP contribution in [0.3, 0.4) is 0 Å². The third-order valence-corrected chi connectivity index (χ3v) is 6.41. The predicted molar refractivity (Wildman–Crippen MR) is 123 cm³/mol. The lowest BCUT2D eigenvalue weighted by Gasteiger charge is -2.21. The number of unbranched alkanes of at least 4 members (excludes halogenated alkanes) is 1. The van der Waals surface area contributed by atoms with Gasteiger partial charge in [-0.25, -0.2) is 12.8 Å². The molecule has 0 radical (unpaired) electrons. The number of carbonyl (C=O) groups excluding carboxylic acids is 1. The normalized spacial score (nSPS) is 11.3. The third kappa shape index (κ3) is 4.80. The van der Waals surface area contributed by atoms with Gasteiger partial charge in [-0.15, -0.1) is 0 Å². The maximum absolute atomic E-state index is 13.4. The number of amides is 1. The Labute approximate surface area is 192 Å². The molecule has 0 saturated heterocycles. The smallest absolute Gasteiger partial charge is 0.255 e. The maximum atomic E-state index is 13.4. The summed E-state index contributed by atoms with van der Waals surface area (Å²) in [6, 6.07) is 9.08. The maximum Gasteiger partial charge on any atom is 0.255 e. The van der Waals surface area contributed by atoms with Gasteiger partial charge in [-0.05, 0) is 59.3 Å². The number of sulfonamides is 1. The lowest BCUT2D eigenvalue weighted by atomic mass is 10.1. The Morgan fingerprint density at radius 1 is 1.35 bits per heavy atom. The van der Waals surface area contributed by atoms with Crippen LogP contribution in [-0.2, 0) is 10.0 Å². The zero-order valence-corrected chi connectivity index (χ0v) is 19.6. The standard InChI is InChI=1S/C20H18FIN4O4S/c1-24-19(27)16-14-11-15(22)18(26(31(2,28)29)10-4-3-9-23)25-20(14)30-17(16)12-5-7-13(21)8-6-12/h5-8,11H,3-4,10H2,1-2H3,(H,24,27). The largest absolute Gasteiger partial charge is 0.437 e. The van der Waals surface area contributed by atoms with E-state index in [1.165, 1.54) is 31.3 Å². The van der Waals surface area contributed by atoms with Crippen LogP contribution in [-0.4, -0.2) is 39.2 Å². The van der Waals surface area contributed by atoms with Crippen LogP contribution in [0.4, 0.5) is 10.2 Å². The van der Waals surface area contributed by atoms with E-state index in [4.69, 9.17) is 9.68 Å². The summed E-state index contributed by atoms with van der Waals surface area (Å²) >= 11 is 1.95. The van der Waals surface area contributed by atoms with Gasteiger partial charge >= 0.3 is 0 Å². The fourth-order valence-corrected chi connectivity index (χ4v) is 4.85. The van der Waals surface area contributed by atoms with Crippen molar-refractivity contribution in [2.24, 2.45) is 0 Å². The van der Waals surface area contributed by atoms with Gasteiger partial charge in [-0.3, -0.25) is 9.10 Å². The number of hydrogen-bond acceptors (Lipinski definition) is 6. The molecule has 162 valence electrons. The van der Waals surface area contributed by atoms with E-state index in [0.29, 0.717) is 20.9 Å². The zero-order chi connectivity index (χ0) is 22.8. The Balaban J connectivity index is 2.22. The van der Waals surface area contributed by atoms with E-state index in [1.54, 1.807) is 6.07 Å². The highest BCUT2D eigenvalue weighted by Gasteiger charge is 2.27. The van der Waals surface area contributed by atoms with Crippen LogP contribution < -0.4 is 9.62 Å². The number of aromatic nitrogens is 1. The zero-order valence-electron chi connectivity index (χ0n) is 16.6. The minimum atomic E-state index is -3.68. The Kier molecular flexibility index (Phi) is 6.80. The molecule has 0 atom stereocenters. The van der Waals surface area contributed by atoms with Gasteiger partial charge in [0.2, 0.25) is 15.7 Å². The number of anilines is 1. The highest BCUT2D eigenvalue weighted by molar-refractivity contribution is 14.1. The summed E-state index contributed by atoms with van der Waals surface area (Å²) in [5.74, 6) is -0.503. The second-order valence-corrected chi connectivity index (χ2v) is 9.70. The molecule has 3 rings (SSSR count). The van der Waals surface area contributed by atoms with Gasteiger partial charge in [0, 0.05) is 25.6 Å². The fourth-order valence-electron chi connectivity index (χ4n) is 3.05. The molecule has 0 spiro atoms. The van der Waals surface area contributed by atoms with Gasteiger partial charge in [0.05, 0.1) is 26.8 Å². The molecule has 11 heteroatoms. The molecule has 3 aromatic rings. The molecule has 0 aliphatic carbocycles. The van der Waals surface area contributed by atoms with Crippen molar-refractivity contribution in [1.82, 2.24) is 10.3 Å². The van der Waals surface area contributed by atoms with Crippen molar-refractivity contribution >= 4 is 55.4 Å². The number of nitrogens with one attached hydrogen (secondary N) is 1. The van der Waals surface area contributed by atoms with Crippen LogP contribution >= 0.6 is 22.6 Å². The quantitative estimate of drug-likeness (QED) is 0.351. The number of benzene rings is 1. The number of halogens is 2. The highest BCUT2D eigenvalue weighted by Crippen LogP contribution is 2.36. The van der Waals surface area contributed by atoms with Crippen molar-refractivity contribution in [2.45, 2.75) is 12.8 Å². The van der Waals surface area contributed by atoms with Crippen molar-refractivity contribution in [3.63, 3.8) is 0 Å². The minimum Gasteiger partial charge on any atom is -0.437 e. The minimum absolute atomic E-state index is 0.0716. The SMILES string of the molecule is CNC(=O)c1c(-c2ccc(F)cc2)oc2nc(N(CCCC#N)S(C)(=O)=O)c(I)cc12. The van der Waals surface area contributed by atoms with E-state index in [9.17, 15) is 17.6 Å². The van der Waals surface area contributed by atoms with Gasteiger partial charge < -0.3 is 9.73 Å². The van der Waals surface area contributed by atoms with Crippen LogP contribution in [0, 0.1) is 20.7 Å². The van der Waals surface area contributed by atoms with Crippen LogP contribution in [0.15, 0.2) is 34.7 Å². The third-order valence-electron chi connectivity index (χ3n) is 4.46. The van der Waals surface area contributed by atoms with E-state index in [-0.39, 0.29) is 35.8 Å². The summed E-state index contributed by atoms with van der Waals surface area (Å²) in [6.45, 7) is 0.0781. The summed E-state index contributed by atoms with van der Waals surface area (Å²) in [6.07, 6.45) is 1.59. The molecule has 2 aromatic heterocycles. The number of rotatable bonds is 7. The molecular formula is C20H18FIN4O4S. The summed E-state index contributed by atoms with van der Waals surface area (Å²) in [5, 5.41) is 11.7. The number of pyridine rings is 1. The Morgan fingerprint density at radius 2 is 2.03 bits per heavy atom. The number of nitrogens with zero attached hydrogens (tertiary/aromatic N) is 3. The number of furan rings is 1. The number of carbonyl (C=O) groups is 1. The molecule has 8 nitrogen and oxygen atoms in total. The van der Waals surface area contributed by atoms with Crippen LogP contribution in [0.5, 0.6) is 0 Å². The summed E-state index contributed by atoms with van der Waals surface area (Å²) in [5.41, 5.74) is 0.766. The van der Waals surface area contributed by atoms with Crippen LogP contribution in [0.1, 0.15) is 23.2 Å². The summed E-state index contributed by atoms with van der Waals surface area (Å²) in [7, 11) is -2.20. The number of nitriles is 1. The van der Waals surface area contributed by atoms with Crippen molar-refractivity contribution in [2.75, 3.05) is 24.2 Å². The molecular weight excluding hydrogens is 538 g/mol. The first kappa shape index (κ1) is 23.0. The van der Waals surface area contributed by atoms with E-state index >= 15 is 0 Å². The lowest BCUT2D eigenvalue weighted by Crippen LogP contribution is -2.32. The molecule has 1 amide bonds. The van der Waals surface area contributed by atoms with Crippen molar-refractivity contribution < 1.29 is 22.0 Å². The van der Waals surface area contributed by atoms with Crippen molar-refractivity contribution in [3.8, 4) is 17.4 Å². The molecule has 1 N–H and O–H groups in total. The van der Waals surface area contributed by atoms with Crippen LogP contribution in [0.25, 0.3) is 22.4 Å². The topological polar surface area (TPSA) is 116 Å². The molecule has 0 fully saturated rings. The first-order valence-corrected chi connectivity index (χ1v) is 12.1. The molecule has 0 unspecified atom stereocenters. The summed E-state index contributed by atoms with van der Waals surface area (Å²) < 4.78 is 45.6. The van der Waals surface area contributed by atoms with E-state index < -0.39 is 21.7 Å². The molecule has 0 aliphatic heterocycles.